The van der Waals surface area contributed by atoms with Crippen LogP contribution in [0.1, 0.15) is 11.3 Å². The first kappa shape index (κ1) is 13.1. The van der Waals surface area contributed by atoms with Gasteiger partial charge in [0.2, 0.25) is 0 Å². The van der Waals surface area contributed by atoms with E-state index in [0.29, 0.717) is 12.3 Å². The Bertz CT molecular complexity index is 608. The van der Waals surface area contributed by atoms with Crippen LogP contribution in [0.15, 0.2) is 45.5 Å². The van der Waals surface area contributed by atoms with Gasteiger partial charge in [-0.1, -0.05) is 15.9 Å². The fraction of sp³-hybridized carbons (Fsp3) is 0.0769. The van der Waals surface area contributed by atoms with Crippen molar-refractivity contribution in [2.24, 2.45) is 0 Å². The summed E-state index contributed by atoms with van der Waals surface area (Å²) < 4.78 is 7.54. The van der Waals surface area contributed by atoms with E-state index < -0.39 is 0 Å². The minimum Gasteiger partial charge on any atom is -0.488 e. The van der Waals surface area contributed by atoms with Crippen LogP contribution in [0.25, 0.3) is 0 Å². The highest BCUT2D eigenvalue weighted by Gasteiger charge is 2.03. The number of aromatic nitrogens is 1. The topological polar surface area (TPSA) is 45.9 Å². The van der Waals surface area contributed by atoms with E-state index in [-0.39, 0.29) is 0 Å². The Kier molecular flexibility index (Phi) is 4.34. The van der Waals surface area contributed by atoms with Gasteiger partial charge in [0.15, 0.2) is 0 Å². The number of nitrogens with zero attached hydrogens (tertiary/aromatic N) is 2. The lowest BCUT2D eigenvalue weighted by molar-refractivity contribution is 0.304. The summed E-state index contributed by atoms with van der Waals surface area (Å²) in [7, 11) is 0. The van der Waals surface area contributed by atoms with Crippen LogP contribution in [-0.2, 0) is 6.61 Å². The number of rotatable bonds is 3. The third-order valence-electron chi connectivity index (χ3n) is 2.23. The van der Waals surface area contributed by atoms with E-state index in [9.17, 15) is 0 Å². The van der Waals surface area contributed by atoms with Gasteiger partial charge in [0, 0.05) is 10.7 Å². The van der Waals surface area contributed by atoms with Crippen LogP contribution in [0, 0.1) is 11.3 Å². The Morgan fingerprint density at radius 1 is 1.22 bits per heavy atom. The van der Waals surface area contributed by atoms with Crippen LogP contribution < -0.4 is 4.74 Å². The van der Waals surface area contributed by atoms with Gasteiger partial charge in [0.1, 0.15) is 24.1 Å². The Labute approximate surface area is 122 Å². The molecule has 2 rings (SSSR count). The maximum Gasteiger partial charge on any atom is 0.140 e. The van der Waals surface area contributed by atoms with E-state index in [1.807, 2.05) is 30.3 Å². The van der Waals surface area contributed by atoms with Crippen molar-refractivity contribution in [1.29, 1.82) is 5.26 Å². The predicted octanol–water partition coefficient (Wildman–Crippen LogP) is 4.06. The average Bonchev–Trinajstić information content (AvgIpc) is 2.38. The third-order valence-corrected chi connectivity index (χ3v) is 3.34. The van der Waals surface area contributed by atoms with Gasteiger partial charge in [0.25, 0.3) is 0 Å². The smallest absolute Gasteiger partial charge is 0.140 e. The molecular formula is C13H8Br2N2O. The molecule has 1 aromatic carbocycles. The van der Waals surface area contributed by atoms with Crippen molar-refractivity contribution in [2.45, 2.75) is 6.61 Å². The second kappa shape index (κ2) is 5.98. The maximum absolute atomic E-state index is 8.76. The minimum atomic E-state index is 0.394. The molecule has 18 heavy (non-hydrogen) atoms. The molecule has 0 fully saturated rings. The summed E-state index contributed by atoms with van der Waals surface area (Å²) in [6.07, 6.45) is 1.61. The fourth-order valence-electron chi connectivity index (χ4n) is 1.38. The molecule has 0 amide bonds. The zero-order valence-electron chi connectivity index (χ0n) is 9.23. The Morgan fingerprint density at radius 2 is 2.06 bits per heavy atom. The van der Waals surface area contributed by atoms with Gasteiger partial charge in [-0.3, -0.25) is 0 Å². The molecule has 0 saturated carbocycles. The number of nitriles is 1. The lowest BCUT2D eigenvalue weighted by Crippen LogP contribution is -1.97. The first-order chi connectivity index (χ1) is 8.69. The van der Waals surface area contributed by atoms with E-state index in [0.717, 1.165) is 20.3 Å². The van der Waals surface area contributed by atoms with Crippen molar-refractivity contribution in [3.05, 3.63) is 56.7 Å². The van der Waals surface area contributed by atoms with Crippen molar-refractivity contribution in [1.82, 2.24) is 4.98 Å². The highest BCUT2D eigenvalue weighted by molar-refractivity contribution is 9.11. The molecule has 0 atom stereocenters. The summed E-state index contributed by atoms with van der Waals surface area (Å²) in [6, 6.07) is 11.2. The summed E-state index contributed by atoms with van der Waals surface area (Å²) in [4.78, 5) is 3.91. The molecule has 5 heteroatoms. The molecule has 0 N–H and O–H groups in total. The molecule has 0 unspecified atom stereocenters. The lowest BCUT2D eigenvalue weighted by atomic mass is 10.2. The summed E-state index contributed by atoms with van der Waals surface area (Å²) >= 11 is 6.81. The Balaban J connectivity index is 2.09. The quantitative estimate of drug-likeness (QED) is 0.821. The van der Waals surface area contributed by atoms with Crippen molar-refractivity contribution in [3.8, 4) is 11.8 Å². The van der Waals surface area contributed by atoms with Gasteiger partial charge in [-0.25, -0.2) is 4.98 Å². The summed E-state index contributed by atoms with van der Waals surface area (Å²) in [5.74, 6) is 0.758. The number of hydrogen-bond acceptors (Lipinski definition) is 3. The molecule has 1 aromatic heterocycles. The fourth-order valence-corrected chi connectivity index (χ4v) is 2.54. The van der Waals surface area contributed by atoms with E-state index in [1.165, 1.54) is 0 Å². The number of pyridine rings is 1. The number of hydrogen-bond donors (Lipinski definition) is 0. The van der Waals surface area contributed by atoms with E-state index >= 15 is 0 Å². The molecule has 3 nitrogen and oxygen atoms in total. The minimum absolute atomic E-state index is 0.394. The molecule has 0 spiro atoms. The molecular weight excluding hydrogens is 360 g/mol. The first-order valence-corrected chi connectivity index (χ1v) is 6.70. The predicted molar refractivity (Wildman–Crippen MR) is 75.1 cm³/mol. The number of ether oxygens (including phenoxy) is 1. The highest BCUT2D eigenvalue weighted by Crippen LogP contribution is 2.28. The van der Waals surface area contributed by atoms with Gasteiger partial charge in [-0.15, -0.1) is 0 Å². The maximum atomic E-state index is 8.76. The average molecular weight is 368 g/mol. The zero-order chi connectivity index (χ0) is 13.0. The summed E-state index contributed by atoms with van der Waals surface area (Å²) in [5, 5.41) is 8.76. The lowest BCUT2D eigenvalue weighted by Gasteiger charge is -2.08. The van der Waals surface area contributed by atoms with Crippen LogP contribution in [0.2, 0.25) is 0 Å². The second-order valence-electron chi connectivity index (χ2n) is 3.52. The van der Waals surface area contributed by atoms with Crippen LogP contribution in [0.5, 0.6) is 5.75 Å². The first-order valence-electron chi connectivity index (χ1n) is 5.12. The number of halogens is 2. The molecule has 0 bridgehead atoms. The molecule has 0 radical (unpaired) electrons. The zero-order valence-corrected chi connectivity index (χ0v) is 12.4. The van der Waals surface area contributed by atoms with Crippen molar-refractivity contribution >= 4 is 31.9 Å². The molecule has 0 aliphatic rings. The normalized spacial score (nSPS) is 9.83. The van der Waals surface area contributed by atoms with Gasteiger partial charge >= 0.3 is 0 Å². The monoisotopic (exact) mass is 366 g/mol. The Hall–Kier alpha value is -1.38. The van der Waals surface area contributed by atoms with Crippen molar-refractivity contribution in [2.75, 3.05) is 0 Å². The van der Waals surface area contributed by atoms with Gasteiger partial charge in [0.05, 0.1) is 4.47 Å². The van der Waals surface area contributed by atoms with Crippen LogP contribution in [-0.4, -0.2) is 4.98 Å². The number of benzene rings is 1. The van der Waals surface area contributed by atoms with Gasteiger partial charge in [-0.2, -0.15) is 5.26 Å². The molecule has 0 aliphatic carbocycles. The highest BCUT2D eigenvalue weighted by atomic mass is 79.9. The molecule has 0 saturated heterocycles. The van der Waals surface area contributed by atoms with Crippen molar-refractivity contribution < 1.29 is 4.74 Å². The van der Waals surface area contributed by atoms with E-state index in [1.54, 1.807) is 12.3 Å². The van der Waals surface area contributed by atoms with Crippen LogP contribution in [0.3, 0.4) is 0 Å². The second-order valence-corrected chi connectivity index (χ2v) is 5.29. The third kappa shape index (κ3) is 3.31. The summed E-state index contributed by atoms with van der Waals surface area (Å²) in [5.41, 5.74) is 1.31. The summed E-state index contributed by atoms with van der Waals surface area (Å²) in [6.45, 7) is 0.400. The SMILES string of the molecule is N#Cc1cc(COc2ccc(Br)cc2Br)ccn1. The standard InChI is InChI=1S/C13H8Br2N2O/c14-10-1-2-13(12(15)6-10)18-8-9-3-4-17-11(5-9)7-16/h1-6H,8H2. The van der Waals surface area contributed by atoms with Gasteiger partial charge in [-0.05, 0) is 51.8 Å². The van der Waals surface area contributed by atoms with E-state index in [2.05, 4.69) is 36.8 Å². The van der Waals surface area contributed by atoms with Crippen molar-refractivity contribution in [3.63, 3.8) is 0 Å². The largest absolute Gasteiger partial charge is 0.488 e. The van der Waals surface area contributed by atoms with E-state index in [4.69, 9.17) is 10.00 Å². The molecule has 2 aromatic rings. The molecule has 1 heterocycles. The molecule has 90 valence electrons. The Morgan fingerprint density at radius 3 is 2.78 bits per heavy atom. The van der Waals surface area contributed by atoms with Gasteiger partial charge < -0.3 is 4.74 Å². The van der Waals surface area contributed by atoms with Crippen LogP contribution in [0.4, 0.5) is 0 Å². The van der Waals surface area contributed by atoms with Crippen LogP contribution >= 0.6 is 31.9 Å². The molecule has 0 aliphatic heterocycles.